The molecular weight excluding hydrogens is 490 g/mol. The van der Waals surface area contributed by atoms with E-state index in [2.05, 4.69) is 5.32 Å². The Kier molecular flexibility index (Phi) is 6.70. The molecule has 2 aliphatic carbocycles. The molecule has 2 aromatic carbocycles. The summed E-state index contributed by atoms with van der Waals surface area (Å²) in [6.45, 7) is 2.10. The van der Waals surface area contributed by atoms with Crippen LogP contribution < -0.4 is 19.5 Å². The van der Waals surface area contributed by atoms with Crippen LogP contribution in [-0.2, 0) is 0 Å². The van der Waals surface area contributed by atoms with Gasteiger partial charge in [0.15, 0.2) is 11.5 Å². The topological polar surface area (TPSA) is 90.0 Å². The molecule has 1 aliphatic heterocycles. The molecule has 3 aliphatic rings. The van der Waals surface area contributed by atoms with Crippen LogP contribution in [0.1, 0.15) is 47.0 Å². The Bertz CT molecular complexity index is 1290. The maximum Gasteiger partial charge on any atom is 0.416 e. The lowest BCUT2D eigenvalue weighted by Crippen LogP contribution is -2.41. The van der Waals surface area contributed by atoms with Crippen LogP contribution in [0, 0.1) is 5.92 Å². The molecule has 0 radical (unpaired) electrons. The number of hydrogen-bond acceptors (Lipinski definition) is 7. The molecule has 37 heavy (non-hydrogen) atoms. The molecule has 2 saturated carbocycles. The minimum atomic E-state index is -0.431. The quantitative estimate of drug-likeness (QED) is 0.423. The number of thiazole rings is 1. The Morgan fingerprint density at radius 3 is 2.62 bits per heavy atom. The Hall–Kier alpha value is -3.59. The summed E-state index contributed by atoms with van der Waals surface area (Å²) in [4.78, 5) is 33.5. The number of rotatable bonds is 9. The Morgan fingerprint density at radius 2 is 1.84 bits per heavy atom. The lowest BCUT2D eigenvalue weighted by Gasteiger charge is -2.23. The summed E-state index contributed by atoms with van der Waals surface area (Å²) in [5.74, 6) is 2.09. The predicted molar refractivity (Wildman–Crippen MR) is 140 cm³/mol. The van der Waals surface area contributed by atoms with Crippen molar-refractivity contribution in [2.24, 2.45) is 5.92 Å². The van der Waals surface area contributed by atoms with E-state index in [1.54, 1.807) is 34.4 Å². The van der Waals surface area contributed by atoms with E-state index in [9.17, 15) is 9.59 Å². The van der Waals surface area contributed by atoms with Gasteiger partial charge in [0.1, 0.15) is 18.2 Å². The van der Waals surface area contributed by atoms with Gasteiger partial charge in [-0.2, -0.15) is 0 Å². The minimum Gasteiger partial charge on any atom is -0.486 e. The van der Waals surface area contributed by atoms with E-state index in [4.69, 9.17) is 19.2 Å². The third-order valence-corrected chi connectivity index (χ3v) is 7.92. The first-order valence-corrected chi connectivity index (χ1v) is 13.7. The van der Waals surface area contributed by atoms with E-state index < -0.39 is 6.09 Å². The number of amides is 2. The van der Waals surface area contributed by atoms with Crippen molar-refractivity contribution in [3.05, 3.63) is 59.1 Å². The molecule has 6 rings (SSSR count). The first-order chi connectivity index (χ1) is 18.2. The van der Waals surface area contributed by atoms with Gasteiger partial charge in [-0.25, -0.2) is 9.78 Å². The fraction of sp³-hybridized carbons (Fsp3) is 0.393. The van der Waals surface area contributed by atoms with Gasteiger partial charge in [-0.1, -0.05) is 36.4 Å². The number of ether oxygens (including phenoxy) is 3. The molecule has 1 N–H and O–H groups in total. The van der Waals surface area contributed by atoms with Crippen molar-refractivity contribution in [3.63, 3.8) is 0 Å². The number of aromatic nitrogens is 1. The van der Waals surface area contributed by atoms with Gasteiger partial charge in [0.25, 0.3) is 5.91 Å². The first-order valence-electron chi connectivity index (χ1n) is 12.9. The van der Waals surface area contributed by atoms with Crippen LogP contribution >= 0.6 is 11.3 Å². The van der Waals surface area contributed by atoms with Crippen molar-refractivity contribution < 1.29 is 23.8 Å². The molecule has 2 heterocycles. The Morgan fingerprint density at radius 1 is 1.03 bits per heavy atom. The van der Waals surface area contributed by atoms with E-state index >= 15 is 0 Å². The van der Waals surface area contributed by atoms with E-state index in [1.807, 2.05) is 30.3 Å². The molecule has 9 heteroatoms. The van der Waals surface area contributed by atoms with Gasteiger partial charge in [-0.3, -0.25) is 4.79 Å². The SMILES string of the molecule is O=C(NCCN(CC1CC1)C(=O)Oc1nc(C2CC2)sc1-c1ccccc1)c1cccc2c1OCCO2. The maximum absolute atomic E-state index is 13.3. The number of benzene rings is 2. The van der Waals surface area contributed by atoms with Crippen molar-refractivity contribution in [1.82, 2.24) is 15.2 Å². The summed E-state index contributed by atoms with van der Waals surface area (Å²) in [6, 6.07) is 15.2. The molecule has 2 fully saturated rings. The van der Waals surface area contributed by atoms with Gasteiger partial charge in [-0.05, 0) is 49.3 Å². The number of para-hydroxylation sites is 1. The van der Waals surface area contributed by atoms with Gasteiger partial charge >= 0.3 is 6.09 Å². The van der Waals surface area contributed by atoms with Crippen LogP contribution in [0.15, 0.2) is 48.5 Å². The molecule has 0 atom stereocenters. The second-order valence-electron chi connectivity index (χ2n) is 9.67. The standard InChI is InChI=1S/C28H29N3O5S/c32-25(21-7-4-8-22-23(21)35-16-15-34-22)29-13-14-31(17-18-9-10-18)28(33)36-26-24(19-5-2-1-3-6-19)37-27(30-26)20-11-12-20/h1-8,18,20H,9-17H2,(H,29,32). The van der Waals surface area contributed by atoms with Gasteiger partial charge in [0.2, 0.25) is 5.88 Å². The van der Waals surface area contributed by atoms with Crippen LogP contribution in [0.5, 0.6) is 17.4 Å². The summed E-state index contributed by atoms with van der Waals surface area (Å²) in [5.41, 5.74) is 1.42. The molecule has 192 valence electrons. The Balaban J connectivity index is 1.13. The van der Waals surface area contributed by atoms with Gasteiger partial charge in [0.05, 0.1) is 10.4 Å². The second-order valence-corrected chi connectivity index (χ2v) is 10.7. The van der Waals surface area contributed by atoms with E-state index in [1.165, 1.54) is 0 Å². The van der Waals surface area contributed by atoms with Crippen LogP contribution in [0.4, 0.5) is 4.79 Å². The molecule has 2 amide bonds. The van der Waals surface area contributed by atoms with Crippen molar-refractivity contribution in [2.45, 2.75) is 31.6 Å². The molecule has 1 aromatic heterocycles. The number of fused-ring (bicyclic) bond motifs is 1. The number of carbonyl (C=O) groups is 2. The average molecular weight is 520 g/mol. The summed E-state index contributed by atoms with van der Waals surface area (Å²) in [6.07, 6.45) is 4.03. The highest BCUT2D eigenvalue weighted by Gasteiger charge is 2.32. The predicted octanol–water partition coefficient (Wildman–Crippen LogP) is 5.10. The summed E-state index contributed by atoms with van der Waals surface area (Å²) in [7, 11) is 0. The lowest BCUT2D eigenvalue weighted by atomic mass is 10.1. The van der Waals surface area contributed by atoms with E-state index in [-0.39, 0.29) is 5.91 Å². The normalized spacial score (nSPS) is 16.2. The molecular formula is C28H29N3O5S. The van der Waals surface area contributed by atoms with Crippen LogP contribution in [0.3, 0.4) is 0 Å². The highest BCUT2D eigenvalue weighted by Crippen LogP contribution is 2.47. The number of carbonyl (C=O) groups excluding carboxylic acids is 2. The van der Waals surface area contributed by atoms with Crippen molar-refractivity contribution in [3.8, 4) is 27.8 Å². The highest BCUT2D eigenvalue weighted by atomic mass is 32.1. The third-order valence-electron chi connectivity index (χ3n) is 6.67. The summed E-state index contributed by atoms with van der Waals surface area (Å²) < 4.78 is 17.1. The molecule has 0 saturated heterocycles. The maximum atomic E-state index is 13.3. The monoisotopic (exact) mass is 519 g/mol. The number of nitrogens with one attached hydrogen (secondary N) is 1. The summed E-state index contributed by atoms with van der Waals surface area (Å²) >= 11 is 1.61. The number of nitrogens with zero attached hydrogens (tertiary/aromatic N) is 2. The largest absolute Gasteiger partial charge is 0.486 e. The van der Waals surface area contributed by atoms with Crippen molar-refractivity contribution in [1.29, 1.82) is 0 Å². The van der Waals surface area contributed by atoms with Crippen LogP contribution in [-0.4, -0.2) is 54.7 Å². The van der Waals surface area contributed by atoms with Gasteiger partial charge in [-0.15, -0.1) is 11.3 Å². The van der Waals surface area contributed by atoms with Crippen LogP contribution in [0.25, 0.3) is 10.4 Å². The van der Waals surface area contributed by atoms with E-state index in [0.717, 1.165) is 41.1 Å². The Labute approximate surface area is 219 Å². The molecule has 0 bridgehead atoms. The molecule has 8 nitrogen and oxygen atoms in total. The second kappa shape index (κ2) is 10.4. The zero-order chi connectivity index (χ0) is 25.2. The van der Waals surface area contributed by atoms with Gasteiger partial charge < -0.3 is 24.4 Å². The fourth-order valence-electron chi connectivity index (χ4n) is 4.34. The van der Waals surface area contributed by atoms with Crippen molar-refractivity contribution in [2.75, 3.05) is 32.8 Å². The number of hydrogen-bond donors (Lipinski definition) is 1. The fourth-order valence-corrected chi connectivity index (χ4v) is 5.51. The highest BCUT2D eigenvalue weighted by molar-refractivity contribution is 7.15. The molecule has 3 aromatic rings. The molecule has 0 spiro atoms. The van der Waals surface area contributed by atoms with Gasteiger partial charge in [0, 0.05) is 25.6 Å². The summed E-state index contributed by atoms with van der Waals surface area (Å²) in [5, 5.41) is 3.95. The molecule has 0 unspecified atom stereocenters. The minimum absolute atomic E-state index is 0.262. The first kappa shape index (κ1) is 23.8. The third kappa shape index (κ3) is 5.56. The zero-order valence-electron chi connectivity index (χ0n) is 20.5. The van der Waals surface area contributed by atoms with Crippen molar-refractivity contribution >= 4 is 23.3 Å². The van der Waals surface area contributed by atoms with Crippen LogP contribution in [0.2, 0.25) is 0 Å². The lowest BCUT2D eigenvalue weighted by molar-refractivity contribution is 0.0933. The smallest absolute Gasteiger partial charge is 0.416 e. The zero-order valence-corrected chi connectivity index (χ0v) is 21.3. The van der Waals surface area contributed by atoms with E-state index in [0.29, 0.717) is 67.6 Å². The average Bonchev–Trinajstić information content (AvgIpc) is 3.87.